The van der Waals surface area contributed by atoms with Gasteiger partial charge in [-0.15, -0.1) is 0 Å². The lowest BCUT2D eigenvalue weighted by atomic mass is 9.87. The molecule has 5 heteroatoms. The van der Waals surface area contributed by atoms with Crippen LogP contribution >= 0.6 is 0 Å². The van der Waals surface area contributed by atoms with Crippen molar-refractivity contribution in [3.63, 3.8) is 0 Å². The molecule has 0 saturated heterocycles. The van der Waals surface area contributed by atoms with Crippen LogP contribution in [-0.2, 0) is 16.4 Å². The molecule has 0 heterocycles. The highest BCUT2D eigenvalue weighted by Crippen LogP contribution is 2.38. The predicted molar refractivity (Wildman–Crippen MR) is 91.4 cm³/mol. The number of aryl methyl sites for hydroxylation is 1. The van der Waals surface area contributed by atoms with Gasteiger partial charge in [-0.3, -0.25) is 4.72 Å². The fourth-order valence-corrected chi connectivity index (χ4v) is 3.98. The van der Waals surface area contributed by atoms with Crippen LogP contribution in [0.3, 0.4) is 0 Å². The van der Waals surface area contributed by atoms with Crippen molar-refractivity contribution in [2.45, 2.75) is 31.1 Å². The van der Waals surface area contributed by atoms with Crippen LogP contribution in [0.1, 0.15) is 29.5 Å². The van der Waals surface area contributed by atoms with Gasteiger partial charge in [0.15, 0.2) is 0 Å². The molecule has 2 aromatic rings. The number of phenols is 1. The van der Waals surface area contributed by atoms with Gasteiger partial charge < -0.3 is 5.11 Å². The fraction of sp³-hybridized carbons (Fsp3) is 0.222. The normalized spacial score (nSPS) is 16.9. The molecule has 0 fully saturated rings. The molecule has 0 saturated carbocycles. The Bertz CT molecular complexity index is 868. The Morgan fingerprint density at radius 3 is 2.52 bits per heavy atom. The third kappa shape index (κ3) is 2.97. The molecule has 0 amide bonds. The monoisotopic (exact) mass is 329 g/mol. The van der Waals surface area contributed by atoms with Crippen LogP contribution < -0.4 is 4.72 Å². The summed E-state index contributed by atoms with van der Waals surface area (Å²) < 4.78 is 27.8. The highest BCUT2D eigenvalue weighted by atomic mass is 32.2. The first-order valence-corrected chi connectivity index (χ1v) is 8.97. The largest absolute Gasteiger partial charge is 0.508 e. The number of rotatable bonds is 3. The molecule has 120 valence electrons. The highest BCUT2D eigenvalue weighted by Gasteiger charge is 2.22. The zero-order chi connectivity index (χ0) is 16.6. The zero-order valence-electron chi connectivity index (χ0n) is 13.1. The van der Waals surface area contributed by atoms with Gasteiger partial charge in [0, 0.05) is 11.5 Å². The third-order valence-electron chi connectivity index (χ3n) is 4.11. The van der Waals surface area contributed by atoms with E-state index in [0.29, 0.717) is 12.1 Å². The number of benzene rings is 2. The van der Waals surface area contributed by atoms with Gasteiger partial charge in [-0.2, -0.15) is 0 Å². The molecule has 2 aromatic carbocycles. The van der Waals surface area contributed by atoms with Gasteiger partial charge >= 0.3 is 0 Å². The minimum atomic E-state index is -3.65. The summed E-state index contributed by atoms with van der Waals surface area (Å²) in [6.45, 7) is 3.89. The number of anilines is 1. The van der Waals surface area contributed by atoms with Crippen LogP contribution in [0, 0.1) is 6.92 Å². The summed E-state index contributed by atoms with van der Waals surface area (Å²) in [4.78, 5) is 0.226. The average Bonchev–Trinajstić information content (AvgIpc) is 2.50. The molecular weight excluding hydrogens is 310 g/mol. The van der Waals surface area contributed by atoms with Crippen molar-refractivity contribution in [3.8, 4) is 5.75 Å². The number of hydrogen-bond acceptors (Lipinski definition) is 3. The highest BCUT2D eigenvalue weighted by molar-refractivity contribution is 7.92. The molecule has 0 radical (unpaired) electrons. The molecule has 1 aliphatic carbocycles. The van der Waals surface area contributed by atoms with Gasteiger partial charge in [0.05, 0.1) is 10.6 Å². The van der Waals surface area contributed by atoms with E-state index in [4.69, 9.17) is 0 Å². The molecule has 2 N–H and O–H groups in total. The van der Waals surface area contributed by atoms with E-state index in [1.54, 1.807) is 36.4 Å². The van der Waals surface area contributed by atoms with Crippen LogP contribution in [0.5, 0.6) is 5.75 Å². The van der Waals surface area contributed by atoms with Crippen molar-refractivity contribution < 1.29 is 13.5 Å². The molecule has 4 nitrogen and oxygen atoms in total. The lowest BCUT2D eigenvalue weighted by molar-refractivity contribution is 0.465. The van der Waals surface area contributed by atoms with E-state index in [1.165, 1.54) is 0 Å². The third-order valence-corrected chi connectivity index (χ3v) is 5.49. The lowest BCUT2D eigenvalue weighted by Crippen LogP contribution is -2.16. The second-order valence-corrected chi connectivity index (χ2v) is 7.55. The molecule has 0 aromatic heterocycles. The van der Waals surface area contributed by atoms with E-state index < -0.39 is 10.0 Å². The molecule has 0 bridgehead atoms. The number of hydrogen-bond donors (Lipinski definition) is 2. The first-order chi connectivity index (χ1) is 10.9. The Kier molecular flexibility index (Phi) is 3.90. The van der Waals surface area contributed by atoms with Crippen LogP contribution in [0.4, 0.5) is 5.69 Å². The Morgan fingerprint density at radius 2 is 1.83 bits per heavy atom. The van der Waals surface area contributed by atoms with E-state index in [0.717, 1.165) is 16.7 Å². The van der Waals surface area contributed by atoms with Crippen LogP contribution in [0.25, 0.3) is 0 Å². The number of sulfonamides is 1. The van der Waals surface area contributed by atoms with Gasteiger partial charge in [-0.1, -0.05) is 36.8 Å². The minimum absolute atomic E-state index is 0.0579. The maximum atomic E-state index is 12.6. The van der Waals surface area contributed by atoms with E-state index in [-0.39, 0.29) is 16.6 Å². The second kappa shape index (κ2) is 5.74. The molecule has 3 rings (SSSR count). The quantitative estimate of drug-likeness (QED) is 0.666. The predicted octanol–water partition coefficient (Wildman–Crippen LogP) is 3.72. The maximum absolute atomic E-state index is 12.6. The number of nitrogens with one attached hydrogen (secondary N) is 1. The molecule has 1 atom stereocenters. The summed E-state index contributed by atoms with van der Waals surface area (Å²) in [5.41, 5.74) is 3.15. The Balaban J connectivity index is 2.01. The zero-order valence-corrected chi connectivity index (χ0v) is 13.9. The van der Waals surface area contributed by atoms with Crippen LogP contribution in [-0.4, -0.2) is 13.5 Å². The van der Waals surface area contributed by atoms with Gasteiger partial charge in [-0.25, -0.2) is 8.42 Å². The number of allylic oxidation sites excluding steroid dienone is 2. The number of fused-ring (bicyclic) bond motifs is 1. The fourth-order valence-electron chi connectivity index (χ4n) is 2.88. The van der Waals surface area contributed by atoms with Crippen molar-refractivity contribution in [2.24, 2.45) is 0 Å². The van der Waals surface area contributed by atoms with Gasteiger partial charge in [-0.05, 0) is 43.2 Å². The van der Waals surface area contributed by atoms with Gasteiger partial charge in [0.25, 0.3) is 10.0 Å². The minimum Gasteiger partial charge on any atom is -0.508 e. The summed E-state index contributed by atoms with van der Waals surface area (Å²) in [7, 11) is -3.65. The Morgan fingerprint density at radius 1 is 1.13 bits per heavy atom. The lowest BCUT2D eigenvalue weighted by Gasteiger charge is -2.22. The molecule has 1 unspecified atom stereocenters. The molecular formula is C18H19NO3S. The van der Waals surface area contributed by atoms with Crippen molar-refractivity contribution in [3.05, 3.63) is 65.2 Å². The van der Waals surface area contributed by atoms with E-state index >= 15 is 0 Å². The van der Waals surface area contributed by atoms with Gasteiger partial charge in [0.1, 0.15) is 5.75 Å². The Hall–Kier alpha value is -2.27. The van der Waals surface area contributed by atoms with Crippen molar-refractivity contribution in [1.29, 1.82) is 0 Å². The second-order valence-electron chi connectivity index (χ2n) is 5.86. The van der Waals surface area contributed by atoms with Gasteiger partial charge in [0.2, 0.25) is 0 Å². The van der Waals surface area contributed by atoms with Crippen molar-refractivity contribution in [2.75, 3.05) is 4.72 Å². The molecule has 0 spiro atoms. The van der Waals surface area contributed by atoms with E-state index in [2.05, 4.69) is 4.72 Å². The topological polar surface area (TPSA) is 66.4 Å². The van der Waals surface area contributed by atoms with E-state index in [9.17, 15) is 13.5 Å². The SMILES string of the molecule is Cc1ccc(S(=O)(=O)Nc2ccc(O)c3c2CC=CC3C)cc1. The number of aromatic hydroxyl groups is 1. The number of phenolic OH excluding ortho intramolecular Hbond substituents is 1. The van der Waals surface area contributed by atoms with Crippen LogP contribution in [0.15, 0.2) is 53.4 Å². The molecule has 0 aliphatic heterocycles. The molecule has 1 aliphatic rings. The average molecular weight is 329 g/mol. The van der Waals surface area contributed by atoms with Crippen LogP contribution in [0.2, 0.25) is 0 Å². The first kappa shape index (κ1) is 15.6. The van der Waals surface area contributed by atoms with E-state index in [1.807, 2.05) is 26.0 Å². The summed E-state index contributed by atoms with van der Waals surface area (Å²) >= 11 is 0. The van der Waals surface area contributed by atoms with Crippen molar-refractivity contribution in [1.82, 2.24) is 0 Å². The smallest absolute Gasteiger partial charge is 0.261 e. The summed E-state index contributed by atoms with van der Waals surface area (Å²) in [5, 5.41) is 10.1. The molecule has 23 heavy (non-hydrogen) atoms. The summed E-state index contributed by atoms with van der Waals surface area (Å²) in [6, 6.07) is 9.88. The standard InChI is InChI=1S/C18H19NO3S/c1-12-6-8-14(9-7-12)23(21,22)19-16-10-11-17(20)18-13(2)4-3-5-15(16)18/h3-4,6-11,13,19-20H,5H2,1-2H3. The Labute approximate surface area is 136 Å². The summed E-state index contributed by atoms with van der Waals surface area (Å²) in [6.07, 6.45) is 4.61. The van der Waals surface area contributed by atoms with Crippen molar-refractivity contribution >= 4 is 15.7 Å². The maximum Gasteiger partial charge on any atom is 0.261 e. The first-order valence-electron chi connectivity index (χ1n) is 7.49. The summed E-state index contributed by atoms with van der Waals surface area (Å²) in [5.74, 6) is 0.262.